The van der Waals surface area contributed by atoms with E-state index >= 15 is 0 Å². The minimum atomic E-state index is -0.508. The highest BCUT2D eigenvalue weighted by Gasteiger charge is 2.16. The quantitative estimate of drug-likeness (QED) is 0.743. The van der Waals surface area contributed by atoms with Crippen LogP contribution < -0.4 is 10.6 Å². The SMILES string of the molecule is CCC(Nc1cccc(NC(=O)OC(C)(C)C)c1)c1cccs1. The van der Waals surface area contributed by atoms with E-state index in [2.05, 4.69) is 35.1 Å². The number of amides is 1. The first kappa shape index (κ1) is 17.3. The van der Waals surface area contributed by atoms with Gasteiger partial charge in [0.2, 0.25) is 0 Å². The van der Waals surface area contributed by atoms with Crippen molar-refractivity contribution in [3.05, 3.63) is 46.7 Å². The minimum absolute atomic E-state index is 0.270. The van der Waals surface area contributed by atoms with Crippen LogP contribution in [0.5, 0.6) is 0 Å². The molecule has 1 aromatic carbocycles. The molecule has 0 saturated carbocycles. The summed E-state index contributed by atoms with van der Waals surface area (Å²) in [6, 6.07) is 12.1. The van der Waals surface area contributed by atoms with Crippen LogP contribution in [0, 0.1) is 0 Å². The standard InChI is InChI=1S/C18H24N2O2S/c1-5-15(16-10-7-11-23-16)19-13-8-6-9-14(12-13)20-17(21)22-18(2,3)4/h6-12,15,19H,5H2,1-4H3,(H,20,21). The fourth-order valence-corrected chi connectivity index (χ4v) is 3.03. The Labute approximate surface area is 141 Å². The average molecular weight is 332 g/mol. The Hall–Kier alpha value is -2.01. The van der Waals surface area contributed by atoms with E-state index < -0.39 is 11.7 Å². The third-order valence-corrected chi connectivity index (χ3v) is 4.13. The first-order chi connectivity index (χ1) is 10.9. The highest BCUT2D eigenvalue weighted by molar-refractivity contribution is 7.10. The Balaban J connectivity index is 2.03. The molecular formula is C18H24N2O2S. The lowest BCUT2D eigenvalue weighted by Crippen LogP contribution is -2.27. The molecule has 1 amide bonds. The second-order valence-corrected chi connectivity index (χ2v) is 7.31. The summed E-state index contributed by atoms with van der Waals surface area (Å²) in [4.78, 5) is 13.2. The monoisotopic (exact) mass is 332 g/mol. The summed E-state index contributed by atoms with van der Waals surface area (Å²) in [6.07, 6.45) is 0.546. The van der Waals surface area contributed by atoms with Crippen LogP contribution in [-0.2, 0) is 4.74 Å². The number of benzene rings is 1. The fraction of sp³-hybridized carbons (Fsp3) is 0.389. The van der Waals surface area contributed by atoms with Crippen molar-refractivity contribution in [1.29, 1.82) is 0 Å². The van der Waals surface area contributed by atoms with Crippen molar-refractivity contribution in [2.75, 3.05) is 10.6 Å². The van der Waals surface area contributed by atoms with Crippen LogP contribution in [0.15, 0.2) is 41.8 Å². The lowest BCUT2D eigenvalue weighted by Gasteiger charge is -2.20. The van der Waals surface area contributed by atoms with Gasteiger partial charge in [-0.1, -0.05) is 19.1 Å². The maximum atomic E-state index is 11.9. The van der Waals surface area contributed by atoms with E-state index in [9.17, 15) is 4.79 Å². The molecule has 0 aliphatic rings. The van der Waals surface area contributed by atoms with Crippen molar-refractivity contribution in [2.24, 2.45) is 0 Å². The molecule has 1 unspecified atom stereocenters. The normalized spacial score (nSPS) is 12.5. The average Bonchev–Trinajstić information content (AvgIpc) is 2.97. The summed E-state index contributed by atoms with van der Waals surface area (Å²) < 4.78 is 5.27. The molecule has 0 spiro atoms. The largest absolute Gasteiger partial charge is 0.444 e. The zero-order valence-electron chi connectivity index (χ0n) is 14.1. The smallest absolute Gasteiger partial charge is 0.412 e. The van der Waals surface area contributed by atoms with Crippen LogP contribution >= 0.6 is 11.3 Å². The highest BCUT2D eigenvalue weighted by Crippen LogP contribution is 2.27. The van der Waals surface area contributed by atoms with Gasteiger partial charge in [0, 0.05) is 16.3 Å². The van der Waals surface area contributed by atoms with Gasteiger partial charge in [0.05, 0.1) is 6.04 Å². The van der Waals surface area contributed by atoms with E-state index in [1.807, 2.05) is 45.0 Å². The van der Waals surface area contributed by atoms with E-state index in [1.54, 1.807) is 11.3 Å². The van der Waals surface area contributed by atoms with Crippen molar-refractivity contribution in [1.82, 2.24) is 0 Å². The molecule has 2 N–H and O–H groups in total. The lowest BCUT2D eigenvalue weighted by atomic mass is 10.1. The van der Waals surface area contributed by atoms with Gasteiger partial charge in [-0.3, -0.25) is 5.32 Å². The second kappa shape index (κ2) is 7.51. The lowest BCUT2D eigenvalue weighted by molar-refractivity contribution is 0.0636. The number of carbonyl (C=O) groups excluding carboxylic acids is 1. The number of thiophene rings is 1. The Bertz CT molecular complexity index is 633. The van der Waals surface area contributed by atoms with Crippen LogP contribution in [0.2, 0.25) is 0 Å². The number of carbonyl (C=O) groups is 1. The molecule has 1 aromatic heterocycles. The Kier molecular flexibility index (Phi) is 5.66. The van der Waals surface area contributed by atoms with E-state index in [0.717, 1.165) is 12.1 Å². The van der Waals surface area contributed by atoms with Gasteiger partial charge in [0.1, 0.15) is 5.60 Å². The molecular weight excluding hydrogens is 308 g/mol. The predicted octanol–water partition coefficient (Wildman–Crippen LogP) is 5.66. The van der Waals surface area contributed by atoms with Crippen LogP contribution in [0.25, 0.3) is 0 Å². The number of rotatable bonds is 5. The van der Waals surface area contributed by atoms with E-state index in [4.69, 9.17) is 4.74 Å². The molecule has 0 aliphatic heterocycles. The minimum Gasteiger partial charge on any atom is -0.444 e. The van der Waals surface area contributed by atoms with Gasteiger partial charge in [-0.15, -0.1) is 11.3 Å². The molecule has 23 heavy (non-hydrogen) atoms. The van der Waals surface area contributed by atoms with E-state index in [0.29, 0.717) is 5.69 Å². The summed E-state index contributed by atoms with van der Waals surface area (Å²) in [5.41, 5.74) is 1.18. The summed E-state index contributed by atoms with van der Waals surface area (Å²) >= 11 is 1.74. The number of anilines is 2. The predicted molar refractivity (Wildman–Crippen MR) is 97.3 cm³/mol. The molecule has 0 fully saturated rings. The van der Waals surface area contributed by atoms with E-state index in [-0.39, 0.29) is 6.04 Å². The van der Waals surface area contributed by atoms with Crippen LogP contribution in [0.3, 0.4) is 0 Å². The second-order valence-electron chi connectivity index (χ2n) is 6.33. The summed E-state index contributed by atoms with van der Waals surface area (Å²) in [7, 11) is 0. The molecule has 1 atom stereocenters. The van der Waals surface area contributed by atoms with Crippen molar-refractivity contribution >= 4 is 28.8 Å². The molecule has 0 aliphatic carbocycles. The van der Waals surface area contributed by atoms with Crippen LogP contribution in [0.1, 0.15) is 45.0 Å². The van der Waals surface area contributed by atoms with Crippen molar-refractivity contribution in [2.45, 2.75) is 45.8 Å². The third kappa shape index (κ3) is 5.60. The fourth-order valence-electron chi connectivity index (χ4n) is 2.17. The molecule has 0 saturated heterocycles. The van der Waals surface area contributed by atoms with Gasteiger partial charge in [-0.05, 0) is 56.8 Å². The Morgan fingerprint density at radius 1 is 1.22 bits per heavy atom. The third-order valence-electron chi connectivity index (χ3n) is 3.14. The molecule has 0 radical (unpaired) electrons. The zero-order valence-corrected chi connectivity index (χ0v) is 14.9. The van der Waals surface area contributed by atoms with Crippen LogP contribution in [-0.4, -0.2) is 11.7 Å². The number of ether oxygens (including phenoxy) is 1. The van der Waals surface area contributed by atoms with Crippen molar-refractivity contribution < 1.29 is 9.53 Å². The van der Waals surface area contributed by atoms with Gasteiger partial charge in [0.25, 0.3) is 0 Å². The van der Waals surface area contributed by atoms with Crippen molar-refractivity contribution in [3.63, 3.8) is 0 Å². The first-order valence-corrected chi connectivity index (χ1v) is 8.65. The Morgan fingerprint density at radius 2 is 1.96 bits per heavy atom. The molecule has 2 aromatic rings. The van der Waals surface area contributed by atoms with Gasteiger partial charge in [-0.25, -0.2) is 4.79 Å². The zero-order chi connectivity index (χ0) is 16.9. The summed E-state index contributed by atoms with van der Waals surface area (Å²) in [6.45, 7) is 7.69. The van der Waals surface area contributed by atoms with Crippen LogP contribution in [0.4, 0.5) is 16.2 Å². The maximum Gasteiger partial charge on any atom is 0.412 e. The molecule has 4 nitrogen and oxygen atoms in total. The highest BCUT2D eigenvalue weighted by atomic mass is 32.1. The van der Waals surface area contributed by atoms with Gasteiger partial charge in [-0.2, -0.15) is 0 Å². The maximum absolute atomic E-state index is 11.9. The van der Waals surface area contributed by atoms with Gasteiger partial charge < -0.3 is 10.1 Å². The number of hydrogen-bond donors (Lipinski definition) is 2. The van der Waals surface area contributed by atoms with Gasteiger partial charge in [0.15, 0.2) is 0 Å². The van der Waals surface area contributed by atoms with Crippen molar-refractivity contribution in [3.8, 4) is 0 Å². The summed E-state index contributed by atoms with van der Waals surface area (Å²) in [5.74, 6) is 0. The summed E-state index contributed by atoms with van der Waals surface area (Å²) in [5, 5.41) is 8.36. The molecule has 5 heteroatoms. The van der Waals surface area contributed by atoms with Gasteiger partial charge >= 0.3 is 6.09 Å². The molecule has 1 heterocycles. The van der Waals surface area contributed by atoms with E-state index in [1.165, 1.54) is 4.88 Å². The molecule has 124 valence electrons. The molecule has 2 rings (SSSR count). The topological polar surface area (TPSA) is 50.4 Å². The number of hydrogen-bond acceptors (Lipinski definition) is 4. The molecule has 0 bridgehead atoms. The Morgan fingerprint density at radius 3 is 2.57 bits per heavy atom. The number of nitrogens with one attached hydrogen (secondary N) is 2. The first-order valence-electron chi connectivity index (χ1n) is 7.77.